The lowest BCUT2D eigenvalue weighted by Crippen LogP contribution is -2.53. The average molecular weight is 547 g/mol. The summed E-state index contributed by atoms with van der Waals surface area (Å²) >= 11 is 6.29. The molecule has 1 saturated carbocycles. The number of nitrogens with one attached hydrogen (secondary N) is 1. The van der Waals surface area contributed by atoms with E-state index in [9.17, 15) is 9.59 Å². The third kappa shape index (κ3) is 8.09. The van der Waals surface area contributed by atoms with E-state index in [1.807, 2.05) is 72.8 Å². The fourth-order valence-corrected chi connectivity index (χ4v) is 5.40. The molecule has 0 spiro atoms. The van der Waals surface area contributed by atoms with Crippen molar-refractivity contribution in [2.45, 2.75) is 76.9 Å². The second-order valence-electron chi connectivity index (χ2n) is 11.4. The van der Waals surface area contributed by atoms with E-state index in [4.69, 9.17) is 16.3 Å². The Kier molecular flexibility index (Phi) is 9.68. The summed E-state index contributed by atoms with van der Waals surface area (Å²) in [6, 6.07) is 24.5. The Morgan fingerprint density at radius 3 is 2.31 bits per heavy atom. The molecule has 1 fully saturated rings. The summed E-state index contributed by atoms with van der Waals surface area (Å²) in [7, 11) is 0. The molecule has 1 atom stereocenters. The van der Waals surface area contributed by atoms with E-state index in [0.29, 0.717) is 17.2 Å². The number of para-hydroxylation sites is 1. The summed E-state index contributed by atoms with van der Waals surface area (Å²) in [5, 5.41) is 3.82. The molecule has 39 heavy (non-hydrogen) atoms. The zero-order valence-corrected chi connectivity index (χ0v) is 23.9. The molecule has 2 amide bonds. The summed E-state index contributed by atoms with van der Waals surface area (Å²) in [5.74, 6) is 0.300. The minimum Gasteiger partial charge on any atom is -0.483 e. The third-order valence-corrected chi connectivity index (χ3v) is 7.50. The average Bonchev–Trinajstić information content (AvgIpc) is 3.42. The maximum absolute atomic E-state index is 13.9. The van der Waals surface area contributed by atoms with Gasteiger partial charge in [0.25, 0.3) is 5.91 Å². The van der Waals surface area contributed by atoms with Crippen molar-refractivity contribution >= 4 is 23.4 Å². The summed E-state index contributed by atoms with van der Waals surface area (Å²) in [6.45, 7) is 6.43. The highest BCUT2D eigenvalue weighted by Gasteiger charge is 2.32. The minimum absolute atomic E-state index is 0.128. The smallest absolute Gasteiger partial charge is 0.261 e. The molecule has 3 aromatic rings. The van der Waals surface area contributed by atoms with Gasteiger partial charge in [-0.1, -0.05) is 106 Å². The van der Waals surface area contributed by atoms with E-state index in [1.165, 1.54) is 0 Å². The maximum Gasteiger partial charge on any atom is 0.261 e. The fraction of sp³-hybridized carbons (Fsp3) is 0.394. The van der Waals surface area contributed by atoms with Gasteiger partial charge in [0.2, 0.25) is 5.91 Å². The first kappa shape index (κ1) is 28.7. The molecule has 6 heteroatoms. The zero-order valence-electron chi connectivity index (χ0n) is 23.2. The summed E-state index contributed by atoms with van der Waals surface area (Å²) in [6.07, 6.45) is 4.57. The number of amides is 2. The van der Waals surface area contributed by atoms with E-state index in [-0.39, 0.29) is 36.4 Å². The van der Waals surface area contributed by atoms with Gasteiger partial charge in [0.05, 0.1) is 0 Å². The predicted molar refractivity (Wildman–Crippen MR) is 157 cm³/mol. The van der Waals surface area contributed by atoms with Gasteiger partial charge in [0, 0.05) is 24.0 Å². The van der Waals surface area contributed by atoms with Crippen molar-refractivity contribution < 1.29 is 14.3 Å². The molecule has 5 nitrogen and oxygen atoms in total. The molecule has 0 bridgehead atoms. The number of halogens is 1. The molecule has 0 saturated heterocycles. The lowest BCUT2D eigenvalue weighted by Gasteiger charge is -2.32. The number of ether oxygens (including phenoxy) is 1. The molecular weight excluding hydrogens is 508 g/mol. The van der Waals surface area contributed by atoms with Gasteiger partial charge in [-0.05, 0) is 53.1 Å². The van der Waals surface area contributed by atoms with Crippen LogP contribution in [0.2, 0.25) is 5.02 Å². The van der Waals surface area contributed by atoms with Gasteiger partial charge in [0.15, 0.2) is 6.61 Å². The minimum atomic E-state index is -0.694. The van der Waals surface area contributed by atoms with Crippen molar-refractivity contribution in [3.8, 4) is 5.75 Å². The number of carbonyl (C=O) groups is 2. The largest absolute Gasteiger partial charge is 0.483 e. The van der Waals surface area contributed by atoms with Gasteiger partial charge >= 0.3 is 0 Å². The van der Waals surface area contributed by atoms with Crippen molar-refractivity contribution in [3.63, 3.8) is 0 Å². The van der Waals surface area contributed by atoms with Gasteiger partial charge < -0.3 is 15.0 Å². The van der Waals surface area contributed by atoms with Crippen LogP contribution in [0, 0.1) is 0 Å². The quantitative estimate of drug-likeness (QED) is 0.307. The lowest BCUT2D eigenvalue weighted by molar-refractivity contribution is -0.143. The standard InChI is InChI=1S/C33H39ClN2O3/c1-33(2,3)28-18-9-10-19-30(28)39-23-31(37)36(22-25-14-11-15-26(34)20-25)29(21-24-12-5-4-6-13-24)32(38)35-27-16-7-8-17-27/h4-6,9-15,18-20,27,29H,7-8,16-17,21-23H2,1-3H3,(H,35,38). The molecule has 0 radical (unpaired) electrons. The van der Waals surface area contributed by atoms with Gasteiger partial charge in [-0.25, -0.2) is 0 Å². The molecule has 206 valence electrons. The van der Waals surface area contributed by atoms with E-state index in [1.54, 1.807) is 11.0 Å². The monoisotopic (exact) mass is 546 g/mol. The van der Waals surface area contributed by atoms with Gasteiger partial charge in [0.1, 0.15) is 11.8 Å². The Balaban J connectivity index is 1.64. The Bertz CT molecular complexity index is 1250. The molecule has 1 unspecified atom stereocenters. The summed E-state index contributed by atoms with van der Waals surface area (Å²) < 4.78 is 6.13. The SMILES string of the molecule is CC(C)(C)c1ccccc1OCC(=O)N(Cc1cccc(Cl)c1)C(Cc1ccccc1)C(=O)NC1CCCC1. The van der Waals surface area contributed by atoms with Crippen molar-refractivity contribution in [2.75, 3.05) is 6.61 Å². The first-order chi connectivity index (χ1) is 18.7. The molecule has 0 aliphatic heterocycles. The number of rotatable bonds is 10. The van der Waals surface area contributed by atoms with Crippen LogP contribution in [0.3, 0.4) is 0 Å². The van der Waals surface area contributed by atoms with Crippen LogP contribution in [0.4, 0.5) is 0 Å². The Hall–Kier alpha value is -3.31. The third-order valence-electron chi connectivity index (χ3n) is 7.26. The number of hydrogen-bond acceptors (Lipinski definition) is 3. The molecule has 0 heterocycles. The second kappa shape index (κ2) is 13.2. The predicted octanol–water partition coefficient (Wildman–Crippen LogP) is 6.72. The summed E-state index contributed by atoms with van der Waals surface area (Å²) in [4.78, 5) is 29.4. The van der Waals surface area contributed by atoms with E-state index >= 15 is 0 Å². The van der Waals surface area contributed by atoms with Crippen molar-refractivity contribution in [1.82, 2.24) is 10.2 Å². The number of nitrogens with zero attached hydrogens (tertiary/aromatic N) is 1. The van der Waals surface area contributed by atoms with E-state index < -0.39 is 6.04 Å². The molecule has 1 aliphatic carbocycles. The highest BCUT2D eigenvalue weighted by atomic mass is 35.5. The first-order valence-electron chi connectivity index (χ1n) is 13.8. The molecule has 1 N–H and O–H groups in total. The highest BCUT2D eigenvalue weighted by molar-refractivity contribution is 6.30. The fourth-order valence-electron chi connectivity index (χ4n) is 5.19. The number of carbonyl (C=O) groups excluding carboxylic acids is 2. The molecule has 4 rings (SSSR count). The topological polar surface area (TPSA) is 58.6 Å². The molecule has 1 aliphatic rings. The maximum atomic E-state index is 13.9. The van der Waals surface area contributed by atoms with Crippen molar-refractivity contribution in [2.24, 2.45) is 0 Å². The van der Waals surface area contributed by atoms with Crippen LogP contribution in [0.25, 0.3) is 0 Å². The Morgan fingerprint density at radius 1 is 0.949 bits per heavy atom. The van der Waals surface area contributed by atoms with Gasteiger partial charge in [-0.15, -0.1) is 0 Å². The van der Waals surface area contributed by atoms with Gasteiger partial charge in [-0.2, -0.15) is 0 Å². The van der Waals surface area contributed by atoms with Crippen LogP contribution in [-0.4, -0.2) is 35.4 Å². The second-order valence-corrected chi connectivity index (χ2v) is 11.8. The van der Waals surface area contributed by atoms with E-state index in [0.717, 1.165) is 42.4 Å². The van der Waals surface area contributed by atoms with Crippen LogP contribution in [0.15, 0.2) is 78.9 Å². The summed E-state index contributed by atoms with van der Waals surface area (Å²) in [5.41, 5.74) is 2.74. The van der Waals surface area contributed by atoms with Crippen LogP contribution < -0.4 is 10.1 Å². The molecule has 3 aromatic carbocycles. The normalized spacial score (nSPS) is 14.6. The van der Waals surface area contributed by atoms with Crippen LogP contribution >= 0.6 is 11.6 Å². The van der Waals surface area contributed by atoms with Crippen molar-refractivity contribution in [1.29, 1.82) is 0 Å². The van der Waals surface area contributed by atoms with Crippen LogP contribution in [0.5, 0.6) is 5.75 Å². The zero-order chi connectivity index (χ0) is 27.8. The molecule has 0 aromatic heterocycles. The number of benzene rings is 3. The Morgan fingerprint density at radius 2 is 1.62 bits per heavy atom. The van der Waals surface area contributed by atoms with Crippen molar-refractivity contribution in [3.05, 3.63) is 101 Å². The molecular formula is C33H39ClN2O3. The number of hydrogen-bond donors (Lipinski definition) is 1. The van der Waals surface area contributed by atoms with E-state index in [2.05, 4.69) is 26.1 Å². The van der Waals surface area contributed by atoms with Crippen LogP contribution in [-0.2, 0) is 28.0 Å². The first-order valence-corrected chi connectivity index (χ1v) is 14.2. The lowest BCUT2D eigenvalue weighted by atomic mass is 9.86. The van der Waals surface area contributed by atoms with Crippen LogP contribution in [0.1, 0.15) is 63.1 Å². The Labute approximate surface area is 237 Å². The highest BCUT2D eigenvalue weighted by Crippen LogP contribution is 2.31. The van der Waals surface area contributed by atoms with Gasteiger partial charge in [-0.3, -0.25) is 9.59 Å².